The van der Waals surface area contributed by atoms with Crippen molar-refractivity contribution in [2.24, 2.45) is 5.73 Å². The maximum absolute atomic E-state index is 13.3. The topological polar surface area (TPSA) is 38.0 Å². The Hall–Kier alpha value is -0.500. The summed E-state index contributed by atoms with van der Waals surface area (Å²) >= 11 is 0. The molecule has 0 aromatic carbocycles. The Bertz CT molecular complexity index is 285. The van der Waals surface area contributed by atoms with Crippen LogP contribution >= 0.6 is 0 Å². The van der Waals surface area contributed by atoms with Crippen molar-refractivity contribution in [2.75, 3.05) is 13.1 Å². The van der Waals surface area contributed by atoms with Gasteiger partial charge in [-0.25, -0.2) is 0 Å². The Balaban J connectivity index is 4.78. The van der Waals surface area contributed by atoms with Crippen molar-refractivity contribution in [3.05, 3.63) is 0 Å². The Kier molecular flexibility index (Phi) is 5.71. The molecule has 0 amide bonds. The van der Waals surface area contributed by atoms with Crippen LogP contribution in [0.25, 0.3) is 0 Å². The molecule has 0 aromatic rings. The predicted molar refractivity (Wildman–Crippen MR) is 60.9 cm³/mol. The zero-order valence-electron chi connectivity index (χ0n) is 11.2. The van der Waals surface area contributed by atoms with Crippen molar-refractivity contribution < 1.29 is 26.3 Å². The van der Waals surface area contributed by atoms with Crippen LogP contribution in [0.2, 0.25) is 0 Å². The van der Waals surface area contributed by atoms with Crippen LogP contribution in [0.3, 0.4) is 0 Å². The van der Waals surface area contributed by atoms with Crippen LogP contribution in [0.4, 0.5) is 26.3 Å². The molecule has 0 aliphatic rings. The summed E-state index contributed by atoms with van der Waals surface area (Å²) in [5, 5.41) is 2.55. The monoisotopic (exact) mass is 294 g/mol. The van der Waals surface area contributed by atoms with Crippen LogP contribution in [0.5, 0.6) is 0 Å². The average Bonchev–Trinajstić information content (AvgIpc) is 2.14. The molecular weight excluding hydrogens is 274 g/mol. The zero-order valence-corrected chi connectivity index (χ0v) is 11.2. The number of rotatable bonds is 7. The Labute approximate surface area is 108 Å². The van der Waals surface area contributed by atoms with Gasteiger partial charge >= 0.3 is 17.8 Å². The van der Waals surface area contributed by atoms with E-state index < -0.39 is 49.2 Å². The van der Waals surface area contributed by atoms with E-state index >= 15 is 0 Å². The van der Waals surface area contributed by atoms with E-state index in [9.17, 15) is 26.3 Å². The van der Waals surface area contributed by atoms with E-state index in [4.69, 9.17) is 5.73 Å². The van der Waals surface area contributed by atoms with E-state index in [0.29, 0.717) is 0 Å². The van der Waals surface area contributed by atoms with E-state index in [2.05, 4.69) is 5.32 Å². The quantitative estimate of drug-likeness (QED) is 0.708. The minimum absolute atomic E-state index is 0.495. The van der Waals surface area contributed by atoms with Crippen LogP contribution < -0.4 is 11.1 Å². The predicted octanol–water partition coefficient (Wildman–Crippen LogP) is 3.02. The van der Waals surface area contributed by atoms with Crippen molar-refractivity contribution in [2.45, 2.75) is 56.9 Å². The Morgan fingerprint density at radius 3 is 1.63 bits per heavy atom. The maximum Gasteiger partial charge on any atom is 0.371 e. The van der Waals surface area contributed by atoms with Crippen molar-refractivity contribution in [3.63, 3.8) is 0 Å². The molecule has 0 aromatic heterocycles. The van der Waals surface area contributed by atoms with Gasteiger partial charge in [-0.2, -0.15) is 26.3 Å². The van der Waals surface area contributed by atoms with Gasteiger partial charge in [0.15, 0.2) is 0 Å². The molecule has 0 radical (unpaired) electrons. The summed E-state index contributed by atoms with van der Waals surface area (Å²) in [6.07, 6.45) is -2.86. The Morgan fingerprint density at radius 2 is 1.26 bits per heavy atom. The summed E-state index contributed by atoms with van der Waals surface area (Å²) in [5.74, 6) is -15.0. The van der Waals surface area contributed by atoms with Gasteiger partial charge in [0.1, 0.15) is 0 Å². The standard InChI is InChI=1S/C11H20F6N2/c1-8(2,3)19-7-5-10(14,15)11(16,17)9(12,13)4-6-18/h19H,4-7,18H2,1-3H3. The minimum atomic E-state index is -5.42. The number of nitrogens with one attached hydrogen (secondary N) is 1. The molecule has 0 atom stereocenters. The van der Waals surface area contributed by atoms with Gasteiger partial charge in [-0.1, -0.05) is 0 Å². The van der Waals surface area contributed by atoms with E-state index in [1.165, 1.54) is 0 Å². The molecule has 0 rings (SSSR count). The minimum Gasteiger partial charge on any atom is -0.330 e. The molecule has 0 unspecified atom stereocenters. The van der Waals surface area contributed by atoms with Gasteiger partial charge in [-0.15, -0.1) is 0 Å². The van der Waals surface area contributed by atoms with Crippen LogP contribution in [0, 0.1) is 0 Å². The van der Waals surface area contributed by atoms with Crippen LogP contribution in [0.1, 0.15) is 33.6 Å². The van der Waals surface area contributed by atoms with Crippen LogP contribution in [0.15, 0.2) is 0 Å². The van der Waals surface area contributed by atoms with Crippen LogP contribution in [-0.2, 0) is 0 Å². The molecule has 0 saturated carbocycles. The van der Waals surface area contributed by atoms with Gasteiger partial charge in [0.05, 0.1) is 0 Å². The maximum atomic E-state index is 13.3. The highest BCUT2D eigenvalue weighted by molar-refractivity contribution is 4.96. The van der Waals surface area contributed by atoms with E-state index in [0.717, 1.165) is 0 Å². The molecule has 3 N–H and O–H groups in total. The molecule has 116 valence electrons. The van der Waals surface area contributed by atoms with Crippen molar-refractivity contribution in [3.8, 4) is 0 Å². The van der Waals surface area contributed by atoms with E-state index in [-0.39, 0.29) is 0 Å². The lowest BCUT2D eigenvalue weighted by Gasteiger charge is -2.33. The molecule has 0 fully saturated rings. The van der Waals surface area contributed by atoms with Gasteiger partial charge in [0.2, 0.25) is 0 Å². The molecule has 8 heteroatoms. The van der Waals surface area contributed by atoms with E-state index in [1.807, 2.05) is 0 Å². The van der Waals surface area contributed by atoms with Crippen molar-refractivity contribution >= 4 is 0 Å². The third-order valence-electron chi connectivity index (χ3n) is 2.47. The Morgan fingerprint density at radius 1 is 0.842 bits per heavy atom. The number of hydrogen-bond donors (Lipinski definition) is 2. The zero-order chi connectivity index (χ0) is 15.5. The number of hydrogen-bond acceptors (Lipinski definition) is 2. The number of nitrogens with two attached hydrogens (primary N) is 1. The van der Waals surface area contributed by atoms with Gasteiger partial charge in [-0.3, -0.25) is 0 Å². The fraction of sp³-hybridized carbons (Fsp3) is 1.00. The molecule has 0 spiro atoms. The van der Waals surface area contributed by atoms with Gasteiger partial charge in [0.25, 0.3) is 0 Å². The smallest absolute Gasteiger partial charge is 0.330 e. The highest BCUT2D eigenvalue weighted by Crippen LogP contribution is 2.48. The third-order valence-corrected chi connectivity index (χ3v) is 2.47. The average molecular weight is 294 g/mol. The first-order chi connectivity index (χ1) is 8.27. The van der Waals surface area contributed by atoms with Gasteiger partial charge in [-0.05, 0) is 27.3 Å². The lowest BCUT2D eigenvalue weighted by molar-refractivity contribution is -0.311. The third kappa shape index (κ3) is 4.83. The lowest BCUT2D eigenvalue weighted by atomic mass is 9.98. The second-order valence-corrected chi connectivity index (χ2v) is 5.45. The first-order valence-electron chi connectivity index (χ1n) is 5.85. The summed E-state index contributed by atoms with van der Waals surface area (Å²) in [4.78, 5) is 0. The highest BCUT2D eigenvalue weighted by Gasteiger charge is 2.70. The fourth-order valence-corrected chi connectivity index (χ4v) is 1.36. The summed E-state index contributed by atoms with van der Waals surface area (Å²) < 4.78 is 79.0. The van der Waals surface area contributed by atoms with Crippen molar-refractivity contribution in [1.82, 2.24) is 5.32 Å². The molecule has 19 heavy (non-hydrogen) atoms. The fourth-order valence-electron chi connectivity index (χ4n) is 1.36. The van der Waals surface area contributed by atoms with Gasteiger partial charge < -0.3 is 11.1 Å². The summed E-state index contributed by atoms with van der Waals surface area (Å²) in [6, 6.07) is 0. The SMILES string of the molecule is CC(C)(C)NCCC(F)(F)C(F)(F)C(F)(F)CCN. The molecular formula is C11H20F6N2. The highest BCUT2D eigenvalue weighted by atomic mass is 19.3. The summed E-state index contributed by atoms with van der Waals surface area (Å²) in [6.45, 7) is 3.65. The van der Waals surface area contributed by atoms with Crippen LogP contribution in [-0.4, -0.2) is 36.4 Å². The van der Waals surface area contributed by atoms with Crippen molar-refractivity contribution in [1.29, 1.82) is 0 Å². The molecule has 0 aliphatic heterocycles. The number of halogens is 6. The lowest BCUT2D eigenvalue weighted by Crippen LogP contribution is -2.56. The largest absolute Gasteiger partial charge is 0.371 e. The second-order valence-electron chi connectivity index (χ2n) is 5.45. The number of alkyl halides is 6. The second kappa shape index (κ2) is 5.87. The molecule has 2 nitrogen and oxygen atoms in total. The van der Waals surface area contributed by atoms with Gasteiger partial charge in [0, 0.05) is 24.9 Å². The van der Waals surface area contributed by atoms with E-state index in [1.54, 1.807) is 20.8 Å². The summed E-state index contributed by atoms with van der Waals surface area (Å²) in [7, 11) is 0. The molecule has 0 saturated heterocycles. The molecule has 0 aliphatic carbocycles. The first kappa shape index (κ1) is 18.5. The normalized spacial score (nSPS) is 14.8. The summed E-state index contributed by atoms with van der Waals surface area (Å²) in [5.41, 5.74) is 4.18. The molecule has 0 bridgehead atoms. The molecule has 0 heterocycles. The first-order valence-corrected chi connectivity index (χ1v) is 5.85.